The molecule has 0 atom stereocenters. The van der Waals surface area contributed by atoms with Gasteiger partial charge in [-0.1, -0.05) is 11.3 Å². The number of nitrogens with two attached hydrogens (primary N) is 1. The van der Waals surface area contributed by atoms with Gasteiger partial charge in [0.05, 0.1) is 9.90 Å². The molecule has 8 heteroatoms. The smallest absolute Gasteiger partial charge is 0.448 e. The van der Waals surface area contributed by atoms with Crippen LogP contribution in [-0.4, -0.2) is 17.6 Å². The minimum absolute atomic E-state index is 0.315. The molecule has 0 aromatic carbocycles. The predicted molar refractivity (Wildman–Crippen MR) is 51.1 cm³/mol. The van der Waals surface area contributed by atoms with Gasteiger partial charge in [-0.3, -0.25) is 0 Å². The van der Waals surface area contributed by atoms with Crippen LogP contribution in [0.15, 0.2) is 4.21 Å². The maximum absolute atomic E-state index is 11.9. The minimum Gasteiger partial charge on any atom is -0.448 e. The first-order valence-electron chi connectivity index (χ1n) is 3.45. The van der Waals surface area contributed by atoms with Gasteiger partial charge in [0.25, 0.3) is 0 Å². The van der Waals surface area contributed by atoms with Crippen molar-refractivity contribution in [3.63, 3.8) is 0 Å². The summed E-state index contributed by atoms with van der Waals surface area (Å²) in [4.78, 5) is 3.83. The van der Waals surface area contributed by atoms with Gasteiger partial charge < -0.3 is 18.7 Å². The van der Waals surface area contributed by atoms with E-state index < -0.39 is 12.6 Å². The standard InChI is InChI=1S/C5H7BF3N2S2/c1-3-4(13-5(10)11-3)12-2-6(7,8)9/h2H2,1H3,(H2,10,11)/q-1. The van der Waals surface area contributed by atoms with Gasteiger partial charge in [-0.05, 0) is 12.6 Å². The van der Waals surface area contributed by atoms with E-state index in [0.29, 0.717) is 15.0 Å². The van der Waals surface area contributed by atoms with E-state index >= 15 is 0 Å². The maximum Gasteiger partial charge on any atom is 0.488 e. The van der Waals surface area contributed by atoms with Crippen LogP contribution in [0.25, 0.3) is 0 Å². The Bertz CT molecular complexity index is 298. The summed E-state index contributed by atoms with van der Waals surface area (Å²) >= 11 is 1.85. The van der Waals surface area contributed by atoms with Gasteiger partial charge in [0.2, 0.25) is 0 Å². The second kappa shape index (κ2) is 3.79. The van der Waals surface area contributed by atoms with Crippen LogP contribution in [0.5, 0.6) is 0 Å². The SMILES string of the molecule is Cc1nc(N)sc1SC[B-](F)(F)F. The van der Waals surface area contributed by atoms with E-state index in [1.807, 2.05) is 0 Å². The zero-order valence-electron chi connectivity index (χ0n) is 6.76. The molecule has 13 heavy (non-hydrogen) atoms. The van der Waals surface area contributed by atoms with Crippen LogP contribution < -0.4 is 5.73 Å². The number of halogens is 3. The molecule has 0 bridgehead atoms. The normalized spacial score (nSPS) is 12.0. The summed E-state index contributed by atoms with van der Waals surface area (Å²) in [5.74, 6) is 0. The highest BCUT2D eigenvalue weighted by molar-refractivity contribution is 8.02. The minimum atomic E-state index is -4.73. The Labute approximate surface area is 81.8 Å². The third kappa shape index (κ3) is 3.47. The Balaban J connectivity index is 2.59. The fourth-order valence-electron chi connectivity index (χ4n) is 0.707. The molecule has 0 radical (unpaired) electrons. The average molecular weight is 227 g/mol. The molecule has 1 heterocycles. The van der Waals surface area contributed by atoms with E-state index in [2.05, 4.69) is 4.98 Å². The lowest BCUT2D eigenvalue weighted by Crippen LogP contribution is -2.18. The van der Waals surface area contributed by atoms with E-state index in [0.717, 1.165) is 23.1 Å². The van der Waals surface area contributed by atoms with Crippen LogP contribution in [0.3, 0.4) is 0 Å². The highest BCUT2D eigenvalue weighted by Gasteiger charge is 2.23. The van der Waals surface area contributed by atoms with Crippen LogP contribution in [-0.2, 0) is 0 Å². The molecule has 0 saturated carbocycles. The Kier molecular flexibility index (Phi) is 3.12. The monoisotopic (exact) mass is 227 g/mol. The van der Waals surface area contributed by atoms with Gasteiger partial charge in [-0.15, -0.1) is 11.8 Å². The van der Waals surface area contributed by atoms with Crippen molar-refractivity contribution in [3.8, 4) is 0 Å². The van der Waals surface area contributed by atoms with Crippen molar-refractivity contribution in [2.24, 2.45) is 0 Å². The molecule has 1 aromatic rings. The highest BCUT2D eigenvalue weighted by Crippen LogP contribution is 2.32. The molecule has 1 aromatic heterocycles. The first-order valence-corrected chi connectivity index (χ1v) is 5.25. The number of aryl methyl sites for hydroxylation is 1. The molecule has 0 saturated heterocycles. The molecule has 0 fully saturated rings. The van der Waals surface area contributed by atoms with Crippen LogP contribution >= 0.6 is 23.1 Å². The van der Waals surface area contributed by atoms with E-state index in [1.54, 1.807) is 6.92 Å². The Morgan fingerprint density at radius 2 is 2.15 bits per heavy atom. The van der Waals surface area contributed by atoms with Gasteiger partial charge in [0, 0.05) is 0 Å². The van der Waals surface area contributed by atoms with Crippen LogP contribution in [0.1, 0.15) is 5.69 Å². The lowest BCUT2D eigenvalue weighted by Gasteiger charge is -2.11. The fraction of sp³-hybridized carbons (Fsp3) is 0.400. The second-order valence-electron chi connectivity index (χ2n) is 2.45. The number of anilines is 1. The molecule has 2 N–H and O–H groups in total. The average Bonchev–Trinajstić information content (AvgIpc) is 2.24. The summed E-state index contributed by atoms with van der Waals surface area (Å²) < 4.78 is 36.2. The summed E-state index contributed by atoms with van der Waals surface area (Å²) in [5, 5.41) is 0.315. The summed E-state index contributed by atoms with van der Waals surface area (Å²) in [5.41, 5.74) is 5.08. The summed E-state index contributed by atoms with van der Waals surface area (Å²) in [7, 11) is 0. The van der Waals surface area contributed by atoms with Crippen LogP contribution in [0.2, 0.25) is 0 Å². The first kappa shape index (κ1) is 10.7. The molecular formula is C5H7BF3N2S2-. The molecule has 0 aliphatic rings. The van der Waals surface area contributed by atoms with E-state index in [9.17, 15) is 12.9 Å². The molecule has 0 aliphatic heterocycles. The number of rotatable bonds is 3. The largest absolute Gasteiger partial charge is 0.488 e. The molecule has 0 amide bonds. The molecule has 2 nitrogen and oxygen atoms in total. The zero-order chi connectivity index (χ0) is 10.1. The number of nitrogens with zero attached hydrogens (tertiary/aromatic N) is 1. The molecular weight excluding hydrogens is 220 g/mol. The third-order valence-corrected chi connectivity index (χ3v) is 3.66. The van der Waals surface area contributed by atoms with Gasteiger partial charge in [0.1, 0.15) is 0 Å². The summed E-state index contributed by atoms with van der Waals surface area (Å²) in [6.45, 7) is -3.08. The van der Waals surface area contributed by atoms with Crippen molar-refractivity contribution in [2.75, 3.05) is 11.4 Å². The van der Waals surface area contributed by atoms with Crippen molar-refractivity contribution in [3.05, 3.63) is 5.69 Å². The second-order valence-corrected chi connectivity index (χ2v) is 4.77. The van der Waals surface area contributed by atoms with Crippen molar-refractivity contribution < 1.29 is 12.9 Å². The van der Waals surface area contributed by atoms with Crippen LogP contribution in [0.4, 0.5) is 18.1 Å². The van der Waals surface area contributed by atoms with Crippen molar-refractivity contribution in [1.82, 2.24) is 4.98 Å². The number of nitrogen functional groups attached to an aromatic ring is 1. The van der Waals surface area contributed by atoms with Crippen LogP contribution in [0, 0.1) is 6.92 Å². The quantitative estimate of drug-likeness (QED) is 0.636. The number of thioether (sulfide) groups is 1. The Morgan fingerprint density at radius 3 is 2.54 bits per heavy atom. The molecule has 0 unspecified atom stereocenters. The fourth-order valence-corrected chi connectivity index (χ4v) is 2.56. The molecule has 0 spiro atoms. The number of aromatic nitrogens is 1. The molecule has 1 rings (SSSR count). The van der Waals surface area contributed by atoms with Gasteiger partial charge in [0.15, 0.2) is 5.13 Å². The van der Waals surface area contributed by atoms with E-state index in [-0.39, 0.29) is 0 Å². The highest BCUT2D eigenvalue weighted by atomic mass is 32.2. The predicted octanol–water partition coefficient (Wildman–Crippen LogP) is 2.51. The zero-order valence-corrected chi connectivity index (χ0v) is 8.39. The van der Waals surface area contributed by atoms with Crippen molar-refractivity contribution >= 4 is 35.2 Å². The first-order chi connectivity index (χ1) is 5.88. The van der Waals surface area contributed by atoms with Gasteiger partial charge in [-0.25, -0.2) is 4.98 Å². The third-order valence-electron chi connectivity index (χ3n) is 1.17. The number of thiazole rings is 1. The van der Waals surface area contributed by atoms with Crippen molar-refractivity contribution in [1.29, 1.82) is 0 Å². The molecule has 0 aliphatic carbocycles. The Hall–Kier alpha value is -0.365. The lowest BCUT2D eigenvalue weighted by molar-refractivity contribution is 0.485. The number of hydrogen-bond acceptors (Lipinski definition) is 4. The van der Waals surface area contributed by atoms with Gasteiger partial charge >= 0.3 is 6.98 Å². The van der Waals surface area contributed by atoms with Crippen molar-refractivity contribution in [2.45, 2.75) is 11.1 Å². The number of hydrogen-bond donors (Lipinski definition) is 1. The van der Waals surface area contributed by atoms with E-state index in [1.165, 1.54) is 0 Å². The Morgan fingerprint density at radius 1 is 1.54 bits per heavy atom. The summed E-state index contributed by atoms with van der Waals surface area (Å²) in [6, 6.07) is 0. The van der Waals surface area contributed by atoms with Gasteiger partial charge in [-0.2, -0.15) is 0 Å². The topological polar surface area (TPSA) is 38.9 Å². The molecule has 74 valence electrons. The van der Waals surface area contributed by atoms with E-state index in [4.69, 9.17) is 5.73 Å². The summed E-state index contributed by atoms with van der Waals surface area (Å²) in [6.07, 6.45) is 0. The maximum atomic E-state index is 11.9. The lowest BCUT2D eigenvalue weighted by atomic mass is 9.98.